The Morgan fingerprint density at radius 3 is 2.82 bits per heavy atom. The Kier molecular flexibility index (Phi) is 6.54. The van der Waals surface area contributed by atoms with Gasteiger partial charge in [0.25, 0.3) is 0 Å². The molecule has 0 aliphatic carbocycles. The molecule has 0 aromatic heterocycles. The van der Waals surface area contributed by atoms with Gasteiger partial charge in [0.05, 0.1) is 11.6 Å². The van der Waals surface area contributed by atoms with E-state index in [4.69, 9.17) is 16.3 Å². The van der Waals surface area contributed by atoms with Crippen molar-refractivity contribution >= 4 is 11.6 Å². The summed E-state index contributed by atoms with van der Waals surface area (Å²) >= 11 is 6.28. The molecule has 1 N–H and O–H groups in total. The molecule has 0 radical (unpaired) electrons. The van der Waals surface area contributed by atoms with Crippen LogP contribution in [0.4, 0.5) is 0 Å². The van der Waals surface area contributed by atoms with E-state index in [1.807, 2.05) is 19.1 Å². The van der Waals surface area contributed by atoms with Crippen LogP contribution in [0, 0.1) is 5.41 Å². The van der Waals surface area contributed by atoms with Gasteiger partial charge in [-0.25, -0.2) is 0 Å². The molecule has 1 aromatic carbocycles. The summed E-state index contributed by atoms with van der Waals surface area (Å²) in [5, 5.41) is 10.5. The highest BCUT2D eigenvalue weighted by molar-refractivity contribution is 6.32. The van der Waals surface area contributed by atoms with E-state index in [0.29, 0.717) is 18.2 Å². The molecular weight excluding hydrogens is 298 g/mol. The Bertz CT molecular complexity index is 476. The van der Waals surface area contributed by atoms with Crippen molar-refractivity contribution in [1.29, 1.82) is 0 Å². The van der Waals surface area contributed by atoms with Gasteiger partial charge in [-0.15, -0.1) is 0 Å². The van der Waals surface area contributed by atoms with E-state index < -0.39 is 0 Å². The summed E-state index contributed by atoms with van der Waals surface area (Å²) < 4.78 is 5.49. The summed E-state index contributed by atoms with van der Waals surface area (Å²) in [7, 11) is 0. The molecule has 0 unspecified atom stereocenters. The van der Waals surface area contributed by atoms with Crippen molar-refractivity contribution in [1.82, 2.24) is 4.90 Å². The van der Waals surface area contributed by atoms with E-state index >= 15 is 0 Å². The normalized spacial score (nSPS) is 22.7. The lowest BCUT2D eigenvalue weighted by Crippen LogP contribution is -2.44. The highest BCUT2D eigenvalue weighted by Crippen LogP contribution is 2.35. The molecule has 1 atom stereocenters. The van der Waals surface area contributed by atoms with E-state index in [-0.39, 0.29) is 5.41 Å². The van der Waals surface area contributed by atoms with E-state index in [9.17, 15) is 5.11 Å². The molecule has 2 rings (SSSR count). The second-order valence-corrected chi connectivity index (χ2v) is 6.83. The van der Waals surface area contributed by atoms with Gasteiger partial charge in [0.1, 0.15) is 5.75 Å². The van der Waals surface area contributed by atoms with Crippen LogP contribution in [0.3, 0.4) is 0 Å². The quantitative estimate of drug-likeness (QED) is 0.818. The Labute approximate surface area is 139 Å². The van der Waals surface area contributed by atoms with Gasteiger partial charge in [0.2, 0.25) is 0 Å². The van der Waals surface area contributed by atoms with Crippen LogP contribution in [-0.2, 0) is 6.54 Å². The molecule has 0 amide bonds. The molecule has 0 bridgehead atoms. The average Bonchev–Trinajstić information content (AvgIpc) is 2.51. The van der Waals surface area contributed by atoms with Gasteiger partial charge in [-0.3, -0.25) is 4.90 Å². The van der Waals surface area contributed by atoms with Gasteiger partial charge in [-0.1, -0.05) is 31.0 Å². The first-order valence-electron chi connectivity index (χ1n) is 8.37. The minimum absolute atomic E-state index is 0.0854. The van der Waals surface area contributed by atoms with Crippen LogP contribution in [-0.4, -0.2) is 36.3 Å². The standard InChI is InChI=1S/C18H28ClNO2/c1-3-8-18(14-21)9-5-10-20(13-18)12-15-6-7-17(22-4-2)16(19)11-15/h6-7,11,21H,3-5,8-10,12-14H2,1-2H3/t18-/m0/s1. The number of benzene rings is 1. The number of aliphatic hydroxyl groups excluding tert-OH is 1. The Morgan fingerprint density at radius 1 is 1.36 bits per heavy atom. The number of likely N-dealkylation sites (tertiary alicyclic amines) is 1. The molecule has 0 saturated carbocycles. The number of rotatable bonds is 7. The van der Waals surface area contributed by atoms with Crippen LogP contribution in [0.15, 0.2) is 18.2 Å². The van der Waals surface area contributed by atoms with E-state index in [1.54, 1.807) is 0 Å². The molecule has 22 heavy (non-hydrogen) atoms. The number of aliphatic hydroxyl groups is 1. The summed E-state index contributed by atoms with van der Waals surface area (Å²) in [6.45, 7) is 8.03. The van der Waals surface area contributed by atoms with Crippen molar-refractivity contribution in [2.45, 2.75) is 46.1 Å². The molecule has 3 nitrogen and oxygen atoms in total. The van der Waals surface area contributed by atoms with Gasteiger partial charge in [-0.05, 0) is 50.4 Å². The van der Waals surface area contributed by atoms with Gasteiger partial charge in [0, 0.05) is 25.1 Å². The van der Waals surface area contributed by atoms with Crippen LogP contribution in [0.25, 0.3) is 0 Å². The average molecular weight is 326 g/mol. The van der Waals surface area contributed by atoms with Crippen molar-refractivity contribution in [2.24, 2.45) is 5.41 Å². The lowest BCUT2D eigenvalue weighted by Gasteiger charge is -2.42. The van der Waals surface area contributed by atoms with Gasteiger partial charge in [-0.2, -0.15) is 0 Å². The molecule has 1 fully saturated rings. The number of hydrogen-bond donors (Lipinski definition) is 1. The van der Waals surface area contributed by atoms with Crippen molar-refractivity contribution in [2.75, 3.05) is 26.3 Å². The fourth-order valence-electron chi connectivity index (χ4n) is 3.56. The van der Waals surface area contributed by atoms with Crippen LogP contribution < -0.4 is 4.74 Å². The largest absolute Gasteiger partial charge is 0.492 e. The van der Waals surface area contributed by atoms with Crippen LogP contribution in [0.1, 0.15) is 45.1 Å². The molecule has 1 heterocycles. The van der Waals surface area contributed by atoms with E-state index in [2.05, 4.69) is 17.9 Å². The highest BCUT2D eigenvalue weighted by atomic mass is 35.5. The van der Waals surface area contributed by atoms with Crippen molar-refractivity contribution in [3.8, 4) is 5.75 Å². The number of hydrogen-bond acceptors (Lipinski definition) is 3. The lowest BCUT2D eigenvalue weighted by atomic mass is 9.77. The SMILES string of the molecule is CCC[C@]1(CO)CCCN(Cc2ccc(OCC)c(Cl)c2)C1. The van der Waals surface area contributed by atoms with Gasteiger partial charge < -0.3 is 9.84 Å². The maximum Gasteiger partial charge on any atom is 0.137 e. The minimum Gasteiger partial charge on any atom is -0.492 e. The number of piperidine rings is 1. The Morgan fingerprint density at radius 2 is 2.18 bits per heavy atom. The second kappa shape index (κ2) is 8.19. The third kappa shape index (κ3) is 4.37. The first-order valence-corrected chi connectivity index (χ1v) is 8.74. The van der Waals surface area contributed by atoms with E-state index in [0.717, 1.165) is 51.1 Å². The monoisotopic (exact) mass is 325 g/mol. The summed E-state index contributed by atoms with van der Waals surface area (Å²) in [5.74, 6) is 0.752. The maximum absolute atomic E-state index is 9.83. The fourth-order valence-corrected chi connectivity index (χ4v) is 3.82. The fraction of sp³-hybridized carbons (Fsp3) is 0.667. The molecule has 124 valence electrons. The molecule has 1 aromatic rings. The van der Waals surface area contributed by atoms with Crippen LogP contribution >= 0.6 is 11.6 Å². The zero-order valence-corrected chi connectivity index (χ0v) is 14.5. The third-order valence-corrected chi connectivity index (χ3v) is 4.85. The predicted molar refractivity (Wildman–Crippen MR) is 91.6 cm³/mol. The molecule has 1 saturated heterocycles. The van der Waals surface area contributed by atoms with Crippen LogP contribution in [0.5, 0.6) is 5.75 Å². The molecule has 4 heteroatoms. The first kappa shape index (κ1) is 17.6. The van der Waals surface area contributed by atoms with E-state index in [1.165, 1.54) is 5.56 Å². The summed E-state index contributed by atoms with van der Waals surface area (Å²) in [6, 6.07) is 6.05. The van der Waals surface area contributed by atoms with Gasteiger partial charge >= 0.3 is 0 Å². The predicted octanol–water partition coefficient (Wildman–Crippen LogP) is 4.11. The third-order valence-electron chi connectivity index (χ3n) is 4.56. The van der Waals surface area contributed by atoms with Crippen LogP contribution in [0.2, 0.25) is 5.02 Å². The number of nitrogens with zero attached hydrogens (tertiary/aromatic N) is 1. The van der Waals surface area contributed by atoms with Crippen molar-refractivity contribution in [3.63, 3.8) is 0 Å². The number of ether oxygens (including phenoxy) is 1. The maximum atomic E-state index is 9.83. The Balaban J connectivity index is 2.02. The highest BCUT2D eigenvalue weighted by Gasteiger charge is 2.33. The first-order chi connectivity index (χ1) is 10.6. The lowest BCUT2D eigenvalue weighted by molar-refractivity contribution is 0.0216. The van der Waals surface area contributed by atoms with Gasteiger partial charge in [0.15, 0.2) is 0 Å². The smallest absolute Gasteiger partial charge is 0.137 e. The summed E-state index contributed by atoms with van der Waals surface area (Å²) in [6.07, 6.45) is 4.52. The zero-order valence-electron chi connectivity index (χ0n) is 13.8. The molecule has 1 aliphatic rings. The minimum atomic E-state index is 0.0854. The molecule has 1 aliphatic heterocycles. The molecule has 0 spiro atoms. The topological polar surface area (TPSA) is 32.7 Å². The Hall–Kier alpha value is -0.770. The number of halogens is 1. The summed E-state index contributed by atoms with van der Waals surface area (Å²) in [5.41, 5.74) is 1.29. The van der Waals surface area contributed by atoms with Crippen molar-refractivity contribution in [3.05, 3.63) is 28.8 Å². The summed E-state index contributed by atoms with van der Waals surface area (Å²) in [4.78, 5) is 2.45. The van der Waals surface area contributed by atoms with Crippen molar-refractivity contribution < 1.29 is 9.84 Å². The zero-order chi connectivity index (χ0) is 16.0. The second-order valence-electron chi connectivity index (χ2n) is 6.42. The molecular formula is C18H28ClNO2.